The van der Waals surface area contributed by atoms with Gasteiger partial charge >= 0.3 is 0 Å². The van der Waals surface area contributed by atoms with E-state index in [-0.39, 0.29) is 11.6 Å². The van der Waals surface area contributed by atoms with Crippen molar-refractivity contribution in [2.75, 3.05) is 11.9 Å². The third-order valence-electron chi connectivity index (χ3n) is 4.17. The lowest BCUT2D eigenvalue weighted by Gasteiger charge is -2.10. The molecule has 1 aromatic heterocycles. The number of nitrogens with one attached hydrogen (secondary N) is 1. The molecule has 0 amide bonds. The van der Waals surface area contributed by atoms with Gasteiger partial charge in [-0.2, -0.15) is 0 Å². The summed E-state index contributed by atoms with van der Waals surface area (Å²) < 4.78 is 25.8. The van der Waals surface area contributed by atoms with Crippen molar-refractivity contribution in [3.8, 4) is 11.6 Å². The molecule has 0 bridgehead atoms. The molecule has 0 saturated carbocycles. The maximum atomic E-state index is 14.5. The maximum Gasteiger partial charge on any atom is 0.222 e. The van der Waals surface area contributed by atoms with E-state index in [1.54, 1.807) is 12.1 Å². The van der Waals surface area contributed by atoms with Gasteiger partial charge in [-0.15, -0.1) is 0 Å². The van der Waals surface area contributed by atoms with E-state index in [9.17, 15) is 4.39 Å². The first-order valence-electron chi connectivity index (χ1n) is 8.45. The van der Waals surface area contributed by atoms with Crippen LogP contribution in [0.15, 0.2) is 54.9 Å². The van der Waals surface area contributed by atoms with Crippen molar-refractivity contribution in [1.82, 2.24) is 9.97 Å². The second-order valence-electron chi connectivity index (χ2n) is 6.01. The molecule has 2 heterocycles. The van der Waals surface area contributed by atoms with Gasteiger partial charge in [0, 0.05) is 23.9 Å². The molecule has 0 aliphatic carbocycles. The Kier molecular flexibility index (Phi) is 4.75. The van der Waals surface area contributed by atoms with Gasteiger partial charge in [0.2, 0.25) is 5.88 Å². The van der Waals surface area contributed by atoms with Crippen LogP contribution in [0.25, 0.3) is 0 Å². The second kappa shape index (κ2) is 7.49. The highest BCUT2D eigenvalue weighted by atomic mass is 19.1. The van der Waals surface area contributed by atoms with Crippen molar-refractivity contribution in [1.29, 1.82) is 0 Å². The molecular weight excluding hydrogens is 333 g/mol. The van der Waals surface area contributed by atoms with Crippen molar-refractivity contribution in [3.63, 3.8) is 0 Å². The lowest BCUT2D eigenvalue weighted by atomic mass is 10.1. The molecule has 4 rings (SSSR count). The number of nitrogens with zero attached hydrogens (tertiary/aromatic N) is 2. The van der Waals surface area contributed by atoms with E-state index in [0.29, 0.717) is 36.8 Å². The van der Waals surface area contributed by atoms with E-state index in [1.807, 2.05) is 36.4 Å². The fourth-order valence-electron chi connectivity index (χ4n) is 2.88. The Balaban J connectivity index is 1.41. The minimum Gasteiger partial charge on any atom is -0.436 e. The first-order chi connectivity index (χ1) is 12.8. The van der Waals surface area contributed by atoms with E-state index >= 15 is 0 Å². The monoisotopic (exact) mass is 351 g/mol. The molecule has 2 aromatic carbocycles. The van der Waals surface area contributed by atoms with Crippen LogP contribution in [0.4, 0.5) is 10.1 Å². The molecule has 132 valence electrons. The molecule has 0 spiro atoms. The number of halogens is 1. The van der Waals surface area contributed by atoms with Crippen molar-refractivity contribution < 1.29 is 13.9 Å². The van der Waals surface area contributed by atoms with E-state index in [4.69, 9.17) is 9.47 Å². The van der Waals surface area contributed by atoms with Crippen LogP contribution in [0, 0.1) is 5.82 Å². The van der Waals surface area contributed by atoms with Gasteiger partial charge in [0.15, 0.2) is 11.6 Å². The van der Waals surface area contributed by atoms with Crippen LogP contribution >= 0.6 is 0 Å². The van der Waals surface area contributed by atoms with E-state index in [0.717, 1.165) is 17.8 Å². The number of anilines is 1. The Morgan fingerprint density at radius 2 is 1.92 bits per heavy atom. The summed E-state index contributed by atoms with van der Waals surface area (Å²) >= 11 is 0. The molecule has 0 unspecified atom stereocenters. The van der Waals surface area contributed by atoms with Crippen LogP contribution in [0.1, 0.15) is 16.8 Å². The molecule has 1 N–H and O–H groups in total. The minimum atomic E-state index is -0.340. The third-order valence-corrected chi connectivity index (χ3v) is 4.17. The third kappa shape index (κ3) is 3.65. The van der Waals surface area contributed by atoms with Crippen LogP contribution < -0.4 is 10.1 Å². The number of fused-ring (bicyclic) bond motifs is 1. The molecule has 0 radical (unpaired) electrons. The predicted octanol–water partition coefficient (Wildman–Crippen LogP) is 4.09. The van der Waals surface area contributed by atoms with Crippen molar-refractivity contribution >= 4 is 5.69 Å². The highest BCUT2D eigenvalue weighted by Crippen LogP contribution is 2.33. The second-order valence-corrected chi connectivity index (χ2v) is 6.01. The lowest BCUT2D eigenvalue weighted by molar-refractivity contribution is 0.104. The van der Waals surface area contributed by atoms with Crippen LogP contribution in [-0.4, -0.2) is 16.5 Å². The van der Waals surface area contributed by atoms with Gasteiger partial charge in [0.25, 0.3) is 0 Å². The fourth-order valence-corrected chi connectivity index (χ4v) is 2.88. The topological polar surface area (TPSA) is 56.3 Å². The van der Waals surface area contributed by atoms with Gasteiger partial charge in [-0.1, -0.05) is 30.3 Å². The van der Waals surface area contributed by atoms with Gasteiger partial charge in [-0.25, -0.2) is 14.4 Å². The smallest absolute Gasteiger partial charge is 0.222 e. The zero-order valence-electron chi connectivity index (χ0n) is 14.1. The van der Waals surface area contributed by atoms with Crippen molar-refractivity contribution in [2.24, 2.45) is 0 Å². The molecule has 26 heavy (non-hydrogen) atoms. The van der Waals surface area contributed by atoms with Crippen LogP contribution in [-0.2, 0) is 24.4 Å². The van der Waals surface area contributed by atoms with Crippen LogP contribution in [0.3, 0.4) is 0 Å². The highest BCUT2D eigenvalue weighted by Gasteiger charge is 2.19. The summed E-state index contributed by atoms with van der Waals surface area (Å²) in [7, 11) is 0. The Hall–Kier alpha value is -2.99. The fraction of sp³-hybridized carbons (Fsp3) is 0.200. The van der Waals surface area contributed by atoms with Gasteiger partial charge in [-0.3, -0.25) is 0 Å². The summed E-state index contributed by atoms with van der Waals surface area (Å²) in [6.45, 7) is 1.56. The Morgan fingerprint density at radius 1 is 1.04 bits per heavy atom. The average molecular weight is 351 g/mol. The van der Waals surface area contributed by atoms with Gasteiger partial charge in [0.1, 0.15) is 6.33 Å². The molecule has 3 aromatic rings. The summed E-state index contributed by atoms with van der Waals surface area (Å²) in [5.41, 5.74) is 3.25. The number of benzene rings is 2. The molecule has 1 aliphatic rings. The number of ether oxygens (including phenoxy) is 2. The largest absolute Gasteiger partial charge is 0.436 e. The average Bonchev–Trinajstić information content (AvgIpc) is 3.15. The normalized spacial score (nSPS) is 12.5. The zero-order valence-corrected chi connectivity index (χ0v) is 14.1. The first-order valence-corrected chi connectivity index (χ1v) is 8.45. The molecule has 0 atom stereocenters. The molecule has 0 saturated heterocycles. The summed E-state index contributed by atoms with van der Waals surface area (Å²) in [6.07, 6.45) is 2.05. The van der Waals surface area contributed by atoms with Crippen LogP contribution in [0.5, 0.6) is 11.6 Å². The summed E-state index contributed by atoms with van der Waals surface area (Å²) in [4.78, 5) is 8.24. The number of aromatic nitrogens is 2. The van der Waals surface area contributed by atoms with Crippen LogP contribution in [0.2, 0.25) is 0 Å². The number of hydrogen-bond acceptors (Lipinski definition) is 5. The standard InChI is InChI=1S/C20H18FN3O2/c21-20-16-8-9-22-17(16)6-7-18(20)26-19-10-15(23-13-24-19)12-25-11-14-4-2-1-3-5-14/h1-7,10,13,22H,8-9,11-12H2. The molecule has 5 nitrogen and oxygen atoms in total. The molecule has 6 heteroatoms. The van der Waals surface area contributed by atoms with Crippen molar-refractivity contribution in [3.05, 3.63) is 77.5 Å². The molecule has 0 fully saturated rings. The first kappa shape index (κ1) is 16.5. The molecule has 1 aliphatic heterocycles. The summed E-state index contributed by atoms with van der Waals surface area (Å²) in [5, 5.41) is 3.14. The summed E-state index contributed by atoms with van der Waals surface area (Å²) in [5.74, 6) is 0.124. The number of hydrogen-bond donors (Lipinski definition) is 1. The van der Waals surface area contributed by atoms with Crippen molar-refractivity contribution in [2.45, 2.75) is 19.6 Å². The minimum absolute atomic E-state index is 0.169. The maximum absolute atomic E-state index is 14.5. The van der Waals surface area contributed by atoms with Gasteiger partial charge in [-0.05, 0) is 24.1 Å². The summed E-state index contributed by atoms with van der Waals surface area (Å²) in [6, 6.07) is 15.0. The Labute approximate surface area is 150 Å². The lowest BCUT2D eigenvalue weighted by Crippen LogP contribution is -1.99. The highest BCUT2D eigenvalue weighted by molar-refractivity contribution is 5.59. The predicted molar refractivity (Wildman–Crippen MR) is 95.6 cm³/mol. The van der Waals surface area contributed by atoms with E-state index < -0.39 is 0 Å². The number of rotatable bonds is 6. The zero-order chi connectivity index (χ0) is 17.8. The molecular formula is C20H18FN3O2. The Morgan fingerprint density at radius 3 is 2.81 bits per heavy atom. The SMILES string of the molecule is Fc1c(Oc2cc(COCc3ccccc3)ncn2)ccc2c1CCN2. The van der Waals surface area contributed by atoms with E-state index in [1.165, 1.54) is 6.33 Å². The quantitative estimate of drug-likeness (QED) is 0.725. The van der Waals surface area contributed by atoms with Gasteiger partial charge < -0.3 is 14.8 Å². The van der Waals surface area contributed by atoms with Gasteiger partial charge in [0.05, 0.1) is 18.9 Å². The van der Waals surface area contributed by atoms with E-state index in [2.05, 4.69) is 15.3 Å². The Bertz CT molecular complexity index is 903.